The maximum absolute atomic E-state index is 2.29. The van der Waals surface area contributed by atoms with Crippen LogP contribution in [0.4, 0.5) is 0 Å². The van der Waals surface area contributed by atoms with E-state index in [0.717, 1.165) is 0 Å². The lowest BCUT2D eigenvalue weighted by Crippen LogP contribution is -1.81. The molecule has 0 rings (SSSR count). The first-order valence-corrected chi connectivity index (χ1v) is 6.91. The van der Waals surface area contributed by atoms with Crippen molar-refractivity contribution in [1.29, 1.82) is 0 Å². The Bertz CT molecular complexity index is 79.3. The highest BCUT2D eigenvalue weighted by molar-refractivity contribution is 4.47. The van der Waals surface area contributed by atoms with Crippen LogP contribution in [0.25, 0.3) is 0 Å². The Labute approximate surface area is 93.0 Å². The molecule has 0 aromatic rings. The third-order valence-electron chi connectivity index (χ3n) is 2.96. The van der Waals surface area contributed by atoms with E-state index in [9.17, 15) is 0 Å². The van der Waals surface area contributed by atoms with Crippen molar-refractivity contribution in [2.75, 3.05) is 0 Å². The Morgan fingerprint density at radius 1 is 0.429 bits per heavy atom. The van der Waals surface area contributed by atoms with Gasteiger partial charge in [-0.2, -0.15) is 0 Å². The van der Waals surface area contributed by atoms with Gasteiger partial charge in [-0.15, -0.1) is 0 Å². The Balaban J connectivity index is 0. The summed E-state index contributed by atoms with van der Waals surface area (Å²) in [5.41, 5.74) is 0. The van der Waals surface area contributed by atoms with E-state index in [2.05, 4.69) is 13.8 Å². The summed E-state index contributed by atoms with van der Waals surface area (Å²) < 4.78 is 0. The summed E-state index contributed by atoms with van der Waals surface area (Å²) in [4.78, 5) is 0. The third-order valence-corrected chi connectivity index (χ3v) is 2.96. The highest BCUT2D eigenvalue weighted by Crippen LogP contribution is 2.11. The van der Waals surface area contributed by atoms with E-state index >= 15 is 0 Å². The molecule has 14 heavy (non-hydrogen) atoms. The average Bonchev–Trinajstić information content (AvgIpc) is 2.21. The topological polar surface area (TPSA) is 0 Å². The molecule has 0 heterocycles. The monoisotopic (exact) mass is 199 g/mol. The molecular weight excluding hydrogens is 168 g/mol. The molecule has 0 bridgehead atoms. The second-order valence-electron chi connectivity index (χ2n) is 4.54. The van der Waals surface area contributed by atoms with Crippen molar-refractivity contribution < 1.29 is 1.43 Å². The number of unbranched alkanes of at least 4 members (excludes halogenated alkanes) is 11. The molecule has 0 saturated carbocycles. The lowest BCUT2D eigenvalue weighted by atomic mass is 10.1. The zero-order valence-corrected chi connectivity index (χ0v) is 10.5. The van der Waals surface area contributed by atoms with Gasteiger partial charge >= 0.3 is 1.43 Å². The van der Waals surface area contributed by atoms with Gasteiger partial charge in [0.15, 0.2) is 0 Å². The molecule has 0 aliphatic carbocycles. The molecule has 0 aromatic carbocycles. The van der Waals surface area contributed by atoms with Crippen molar-refractivity contribution in [2.24, 2.45) is 0 Å². The van der Waals surface area contributed by atoms with Crippen molar-refractivity contribution in [2.45, 2.75) is 90.9 Å². The Morgan fingerprint density at radius 2 is 0.643 bits per heavy atom. The fourth-order valence-electron chi connectivity index (χ4n) is 1.91. The third kappa shape index (κ3) is 12.0. The fourth-order valence-corrected chi connectivity index (χ4v) is 1.91. The summed E-state index contributed by atoms with van der Waals surface area (Å²) in [6.07, 6.45) is 17.4. The van der Waals surface area contributed by atoms with E-state index < -0.39 is 0 Å². The van der Waals surface area contributed by atoms with Crippen LogP contribution in [0.1, 0.15) is 92.3 Å². The van der Waals surface area contributed by atoms with Crippen LogP contribution >= 0.6 is 0 Å². The van der Waals surface area contributed by atoms with Crippen molar-refractivity contribution in [3.05, 3.63) is 0 Å². The Hall–Kier alpha value is 0. The molecule has 0 spiro atoms. The second kappa shape index (κ2) is 13.0. The predicted molar refractivity (Wildman–Crippen MR) is 67.9 cm³/mol. The van der Waals surface area contributed by atoms with E-state index in [0.29, 0.717) is 0 Å². The molecule has 0 heteroatoms. The van der Waals surface area contributed by atoms with E-state index in [1.54, 1.807) is 0 Å². The molecule has 0 radical (unpaired) electrons. The maximum Gasteiger partial charge on any atom is 1.00 e. The summed E-state index contributed by atoms with van der Waals surface area (Å²) in [5, 5.41) is 0. The van der Waals surface area contributed by atoms with E-state index in [1.807, 2.05) is 0 Å². The molecule has 0 amide bonds. The molecule has 0 atom stereocenters. The van der Waals surface area contributed by atoms with Crippen molar-refractivity contribution in [1.82, 2.24) is 0 Å². The molecule has 0 saturated heterocycles. The molecular formula is C14H31+. The molecule has 0 aromatic heterocycles. The highest BCUT2D eigenvalue weighted by Gasteiger charge is 1.91. The zero-order valence-electron chi connectivity index (χ0n) is 11.5. The van der Waals surface area contributed by atoms with Crippen LogP contribution in [-0.2, 0) is 0 Å². The van der Waals surface area contributed by atoms with Crippen molar-refractivity contribution in [3.8, 4) is 0 Å². The first kappa shape index (κ1) is 14.0. The fraction of sp³-hybridized carbons (Fsp3) is 1.00. The van der Waals surface area contributed by atoms with Crippen molar-refractivity contribution in [3.63, 3.8) is 0 Å². The zero-order chi connectivity index (χ0) is 10.5. The summed E-state index contributed by atoms with van der Waals surface area (Å²) >= 11 is 0. The van der Waals surface area contributed by atoms with Gasteiger partial charge in [-0.3, -0.25) is 0 Å². The van der Waals surface area contributed by atoms with Gasteiger partial charge in [0.2, 0.25) is 0 Å². The summed E-state index contributed by atoms with van der Waals surface area (Å²) in [5.74, 6) is 0. The molecule has 0 aliphatic heterocycles. The molecule has 0 fully saturated rings. The van der Waals surface area contributed by atoms with E-state index in [1.165, 1.54) is 77.0 Å². The standard InChI is InChI=1S/C14H30/c1-3-5-7-9-11-13-14-12-10-8-6-4-2/h3-14H2,1-2H3/p+1. The van der Waals surface area contributed by atoms with Gasteiger partial charge in [-0.1, -0.05) is 90.9 Å². The van der Waals surface area contributed by atoms with Crippen LogP contribution < -0.4 is 0 Å². The maximum atomic E-state index is 2.29. The van der Waals surface area contributed by atoms with Crippen LogP contribution in [0.5, 0.6) is 0 Å². The first-order chi connectivity index (χ1) is 6.91. The van der Waals surface area contributed by atoms with Crippen LogP contribution in [0.2, 0.25) is 0 Å². The molecule has 0 nitrogen and oxygen atoms in total. The number of rotatable bonds is 11. The minimum absolute atomic E-state index is 0. The minimum Gasteiger partial charge on any atom is -0.0654 e. The number of hydrogen-bond donors (Lipinski definition) is 0. The van der Waals surface area contributed by atoms with E-state index in [-0.39, 0.29) is 1.43 Å². The first-order valence-electron chi connectivity index (χ1n) is 6.91. The van der Waals surface area contributed by atoms with Gasteiger partial charge in [0, 0.05) is 0 Å². The van der Waals surface area contributed by atoms with Gasteiger partial charge in [0.1, 0.15) is 0 Å². The molecule has 0 aliphatic rings. The van der Waals surface area contributed by atoms with Gasteiger partial charge in [0.25, 0.3) is 0 Å². The van der Waals surface area contributed by atoms with Gasteiger partial charge < -0.3 is 0 Å². The second-order valence-corrected chi connectivity index (χ2v) is 4.54. The lowest BCUT2D eigenvalue weighted by molar-refractivity contribution is 0.548. The molecule has 0 unspecified atom stereocenters. The summed E-state index contributed by atoms with van der Waals surface area (Å²) in [7, 11) is 0. The average molecular weight is 199 g/mol. The van der Waals surface area contributed by atoms with Crippen LogP contribution in [0, 0.1) is 0 Å². The van der Waals surface area contributed by atoms with Crippen LogP contribution in [-0.4, -0.2) is 0 Å². The summed E-state index contributed by atoms with van der Waals surface area (Å²) in [6, 6.07) is 0. The quantitative estimate of drug-likeness (QED) is 0.368. The largest absolute Gasteiger partial charge is 1.00 e. The predicted octanol–water partition coefficient (Wildman–Crippen LogP) is 5.82. The smallest absolute Gasteiger partial charge is 0.0654 e. The van der Waals surface area contributed by atoms with Crippen LogP contribution in [0.15, 0.2) is 0 Å². The summed E-state index contributed by atoms with van der Waals surface area (Å²) in [6.45, 7) is 4.57. The molecule has 0 N–H and O–H groups in total. The SMILES string of the molecule is CCCCCCCCCCCCCC.[H+]. The van der Waals surface area contributed by atoms with Gasteiger partial charge in [0.05, 0.1) is 0 Å². The minimum atomic E-state index is 0. The van der Waals surface area contributed by atoms with Gasteiger partial charge in [-0.25, -0.2) is 0 Å². The van der Waals surface area contributed by atoms with E-state index in [4.69, 9.17) is 0 Å². The normalized spacial score (nSPS) is 10.7. The Kier molecular flexibility index (Phi) is 13.0. The lowest BCUT2D eigenvalue weighted by Gasteiger charge is -2.01. The van der Waals surface area contributed by atoms with Crippen molar-refractivity contribution >= 4 is 0 Å². The van der Waals surface area contributed by atoms with Gasteiger partial charge in [-0.05, 0) is 0 Å². The number of hydrogen-bond acceptors (Lipinski definition) is 0. The van der Waals surface area contributed by atoms with Crippen LogP contribution in [0.3, 0.4) is 0 Å². The highest BCUT2D eigenvalue weighted by atomic mass is 14.0. The Morgan fingerprint density at radius 3 is 0.857 bits per heavy atom. The molecule has 86 valence electrons.